The number of benzene rings is 1. The molecule has 1 aromatic carbocycles. The van der Waals surface area contributed by atoms with Crippen molar-refractivity contribution in [1.29, 1.82) is 0 Å². The molecule has 0 heterocycles. The number of alkyl halides is 1. The molecule has 1 rings (SSSR count). The van der Waals surface area contributed by atoms with Crippen LogP contribution in [0.15, 0.2) is 18.2 Å². The molecule has 1 atom stereocenters. The van der Waals surface area contributed by atoms with Crippen LogP contribution in [0.2, 0.25) is 0 Å². The van der Waals surface area contributed by atoms with E-state index in [1.54, 1.807) is 13.0 Å². The smallest absolute Gasteiger partial charge is 0.127 e. The van der Waals surface area contributed by atoms with E-state index in [2.05, 4.69) is 15.9 Å². The summed E-state index contributed by atoms with van der Waals surface area (Å²) in [7, 11) is 0. The van der Waals surface area contributed by atoms with Crippen LogP contribution in [0.4, 0.5) is 0 Å². The van der Waals surface area contributed by atoms with E-state index >= 15 is 0 Å². The van der Waals surface area contributed by atoms with Crippen LogP contribution in [0.25, 0.3) is 0 Å². The highest BCUT2D eigenvalue weighted by molar-refractivity contribution is 9.08. The van der Waals surface area contributed by atoms with Crippen molar-refractivity contribution in [2.45, 2.75) is 18.2 Å². The van der Waals surface area contributed by atoms with Gasteiger partial charge in [0, 0.05) is 16.8 Å². The van der Waals surface area contributed by atoms with Crippen LogP contribution in [0.3, 0.4) is 0 Å². The quantitative estimate of drug-likeness (QED) is 0.654. The highest BCUT2D eigenvalue weighted by Crippen LogP contribution is 2.24. The van der Waals surface area contributed by atoms with Crippen molar-refractivity contribution in [3.8, 4) is 5.75 Å². The maximum atomic E-state index is 10.5. The summed E-state index contributed by atoms with van der Waals surface area (Å²) in [6.07, 6.45) is 0.864. The molecular weight excluding hydrogens is 232 g/mol. The first-order chi connectivity index (χ1) is 6.19. The lowest BCUT2D eigenvalue weighted by Gasteiger charge is -2.06. The minimum atomic E-state index is -0.157. The third-order valence-corrected chi connectivity index (χ3v) is 2.59. The fourth-order valence-electron chi connectivity index (χ4n) is 1.06. The normalized spacial score (nSPS) is 12.5. The minimum absolute atomic E-state index is 0.157. The van der Waals surface area contributed by atoms with E-state index in [1.165, 1.54) is 0 Å². The first kappa shape index (κ1) is 10.3. The molecule has 0 aliphatic heterocycles. The van der Waals surface area contributed by atoms with Crippen LogP contribution in [0.1, 0.15) is 24.0 Å². The zero-order valence-electron chi connectivity index (χ0n) is 7.33. The van der Waals surface area contributed by atoms with Crippen LogP contribution < -0.4 is 0 Å². The average molecular weight is 243 g/mol. The summed E-state index contributed by atoms with van der Waals surface area (Å²) in [5.74, 6) is 0.0818. The van der Waals surface area contributed by atoms with E-state index in [0.717, 1.165) is 17.4 Å². The van der Waals surface area contributed by atoms with Gasteiger partial charge in [-0.1, -0.05) is 35.0 Å². The molecule has 0 fully saturated rings. The van der Waals surface area contributed by atoms with Crippen LogP contribution in [0.5, 0.6) is 5.75 Å². The largest absolute Gasteiger partial charge is 0.508 e. The van der Waals surface area contributed by atoms with E-state index in [0.29, 0.717) is 5.33 Å². The molecule has 1 aromatic rings. The SMILES string of the molecule is CC(C=O)c1ccc(CBr)c(O)c1. The topological polar surface area (TPSA) is 37.3 Å². The number of phenolic OH excluding ortho intramolecular Hbond substituents is 1. The van der Waals surface area contributed by atoms with E-state index in [9.17, 15) is 9.90 Å². The van der Waals surface area contributed by atoms with Crippen molar-refractivity contribution in [1.82, 2.24) is 0 Å². The molecule has 1 unspecified atom stereocenters. The molecule has 0 bridgehead atoms. The average Bonchev–Trinajstić information content (AvgIpc) is 2.16. The zero-order chi connectivity index (χ0) is 9.84. The third-order valence-electron chi connectivity index (χ3n) is 1.98. The Morgan fingerprint density at radius 1 is 1.62 bits per heavy atom. The molecule has 2 nitrogen and oxygen atoms in total. The molecular formula is C10H11BrO2. The molecule has 0 saturated heterocycles. The third kappa shape index (κ3) is 2.31. The lowest BCUT2D eigenvalue weighted by Crippen LogP contribution is -1.94. The Bertz CT molecular complexity index is 310. The summed E-state index contributed by atoms with van der Waals surface area (Å²) in [6, 6.07) is 5.31. The fourth-order valence-corrected chi connectivity index (χ4v) is 1.53. The first-order valence-corrected chi connectivity index (χ1v) is 5.14. The Hall–Kier alpha value is -0.830. The van der Waals surface area contributed by atoms with Gasteiger partial charge in [-0.15, -0.1) is 0 Å². The predicted molar refractivity (Wildman–Crippen MR) is 55.2 cm³/mol. The molecule has 1 N–H and O–H groups in total. The number of phenols is 1. The van der Waals surface area contributed by atoms with Gasteiger partial charge in [-0.25, -0.2) is 0 Å². The molecule has 3 heteroatoms. The van der Waals surface area contributed by atoms with Gasteiger partial charge in [-0.2, -0.15) is 0 Å². The summed E-state index contributed by atoms with van der Waals surface area (Å²) in [5, 5.41) is 10.1. The molecule has 0 amide bonds. The highest BCUT2D eigenvalue weighted by Gasteiger charge is 2.06. The summed E-state index contributed by atoms with van der Waals surface area (Å²) in [5.41, 5.74) is 1.68. The predicted octanol–water partition coefficient (Wildman–Crippen LogP) is 2.59. The fraction of sp³-hybridized carbons (Fsp3) is 0.300. The number of halogens is 1. The number of aromatic hydroxyl groups is 1. The second kappa shape index (κ2) is 4.42. The molecule has 13 heavy (non-hydrogen) atoms. The number of aldehydes is 1. The monoisotopic (exact) mass is 242 g/mol. The highest BCUT2D eigenvalue weighted by atomic mass is 79.9. The van der Waals surface area contributed by atoms with E-state index in [4.69, 9.17) is 0 Å². The van der Waals surface area contributed by atoms with Gasteiger partial charge in [-0.05, 0) is 11.6 Å². The maximum absolute atomic E-state index is 10.5. The molecule has 0 aliphatic carbocycles. The molecule has 0 radical (unpaired) electrons. The number of hydrogen-bond acceptors (Lipinski definition) is 2. The van der Waals surface area contributed by atoms with Crippen LogP contribution in [-0.2, 0) is 10.1 Å². The summed E-state index contributed by atoms with van der Waals surface area (Å²) < 4.78 is 0. The van der Waals surface area contributed by atoms with Gasteiger partial charge in [0.1, 0.15) is 12.0 Å². The molecule has 0 aliphatic rings. The minimum Gasteiger partial charge on any atom is -0.508 e. The Morgan fingerprint density at radius 3 is 2.77 bits per heavy atom. The first-order valence-electron chi connectivity index (χ1n) is 4.02. The van der Waals surface area contributed by atoms with E-state index < -0.39 is 0 Å². The molecule has 0 saturated carbocycles. The number of carbonyl (C=O) groups excluding carboxylic acids is 1. The lowest BCUT2D eigenvalue weighted by molar-refractivity contribution is -0.108. The van der Waals surface area contributed by atoms with Crippen molar-refractivity contribution >= 4 is 22.2 Å². The van der Waals surface area contributed by atoms with Crippen LogP contribution in [0, 0.1) is 0 Å². The van der Waals surface area contributed by atoms with Gasteiger partial charge in [0.05, 0.1) is 0 Å². The summed E-state index contributed by atoms with van der Waals surface area (Å²) in [4.78, 5) is 10.5. The van der Waals surface area contributed by atoms with E-state index in [1.807, 2.05) is 12.1 Å². The number of carbonyl (C=O) groups is 1. The summed E-state index contributed by atoms with van der Waals surface area (Å²) in [6.45, 7) is 1.80. The van der Waals surface area contributed by atoms with E-state index in [-0.39, 0.29) is 11.7 Å². The van der Waals surface area contributed by atoms with Crippen molar-refractivity contribution in [2.75, 3.05) is 0 Å². The zero-order valence-corrected chi connectivity index (χ0v) is 8.91. The van der Waals surface area contributed by atoms with Gasteiger partial charge in [0.2, 0.25) is 0 Å². The van der Waals surface area contributed by atoms with Gasteiger partial charge in [0.25, 0.3) is 0 Å². The van der Waals surface area contributed by atoms with Gasteiger partial charge < -0.3 is 9.90 Å². The van der Waals surface area contributed by atoms with Gasteiger partial charge in [-0.3, -0.25) is 0 Å². The second-order valence-corrected chi connectivity index (χ2v) is 3.51. The van der Waals surface area contributed by atoms with Crippen molar-refractivity contribution in [2.24, 2.45) is 0 Å². The Kier molecular flexibility index (Phi) is 3.48. The Morgan fingerprint density at radius 2 is 2.31 bits per heavy atom. The molecule has 0 spiro atoms. The van der Waals surface area contributed by atoms with Crippen molar-refractivity contribution < 1.29 is 9.90 Å². The number of hydrogen-bond donors (Lipinski definition) is 1. The molecule has 0 aromatic heterocycles. The Balaban J connectivity index is 3.02. The van der Waals surface area contributed by atoms with Gasteiger partial charge in [0.15, 0.2) is 0 Å². The van der Waals surface area contributed by atoms with Gasteiger partial charge >= 0.3 is 0 Å². The number of rotatable bonds is 3. The van der Waals surface area contributed by atoms with Crippen molar-refractivity contribution in [3.05, 3.63) is 29.3 Å². The molecule has 70 valence electrons. The summed E-state index contributed by atoms with van der Waals surface area (Å²) >= 11 is 3.26. The Labute approximate surface area is 85.7 Å². The second-order valence-electron chi connectivity index (χ2n) is 2.95. The standard InChI is InChI=1S/C10H11BrO2/c1-7(6-12)8-2-3-9(5-11)10(13)4-8/h2-4,6-7,13H,5H2,1H3. The van der Waals surface area contributed by atoms with Crippen molar-refractivity contribution in [3.63, 3.8) is 0 Å². The lowest BCUT2D eigenvalue weighted by atomic mass is 10.0. The van der Waals surface area contributed by atoms with Crippen LogP contribution in [-0.4, -0.2) is 11.4 Å². The van der Waals surface area contributed by atoms with Crippen LogP contribution >= 0.6 is 15.9 Å². The maximum Gasteiger partial charge on any atom is 0.127 e.